The molecule has 0 radical (unpaired) electrons. The topological polar surface area (TPSA) is 157 Å². The SMILES string of the molecule is CC1CC(=O)C(=O)[C@]2(C)C3[C@]45CO[C@]3(O)[C@H](O)[C@H](C)C4C(OC(=O)CC(O)(C(C)C)C(C)C)C(=O)O[C@@H]5C[C@@H]12. The second kappa shape index (κ2) is 8.81. The minimum absolute atomic E-state index is 0.0655. The molecule has 0 aromatic carbocycles. The van der Waals surface area contributed by atoms with Gasteiger partial charge in [-0.25, -0.2) is 4.79 Å². The van der Waals surface area contributed by atoms with Crippen LogP contribution in [0.3, 0.4) is 0 Å². The largest absolute Gasteiger partial charge is 0.459 e. The number of carbonyl (C=O) groups is 4. The predicted octanol–water partition coefficient (Wildman–Crippen LogP) is 1.41. The molecule has 5 fully saturated rings. The fourth-order valence-corrected chi connectivity index (χ4v) is 9.42. The van der Waals surface area contributed by atoms with Gasteiger partial charge < -0.3 is 29.5 Å². The van der Waals surface area contributed by atoms with Crippen molar-refractivity contribution in [3.05, 3.63) is 0 Å². The van der Waals surface area contributed by atoms with E-state index in [4.69, 9.17) is 14.2 Å². The van der Waals surface area contributed by atoms with Crippen molar-refractivity contribution in [2.75, 3.05) is 6.61 Å². The molecule has 39 heavy (non-hydrogen) atoms. The molecule has 2 saturated heterocycles. The lowest BCUT2D eigenvalue weighted by molar-refractivity contribution is -0.332. The summed E-state index contributed by atoms with van der Waals surface area (Å²) in [7, 11) is 0. The summed E-state index contributed by atoms with van der Waals surface area (Å²) >= 11 is 0. The lowest BCUT2D eigenvalue weighted by atomic mass is 9.37. The van der Waals surface area contributed by atoms with E-state index >= 15 is 0 Å². The zero-order valence-electron chi connectivity index (χ0n) is 23.8. The lowest BCUT2D eigenvalue weighted by Crippen LogP contribution is -2.78. The molecule has 2 bridgehead atoms. The first-order valence-corrected chi connectivity index (χ1v) is 14.2. The molecule has 3 saturated carbocycles. The summed E-state index contributed by atoms with van der Waals surface area (Å²) in [6.07, 6.45) is -3.71. The van der Waals surface area contributed by atoms with Gasteiger partial charge in [0.25, 0.3) is 0 Å². The van der Waals surface area contributed by atoms with Gasteiger partial charge in [-0.15, -0.1) is 0 Å². The summed E-state index contributed by atoms with van der Waals surface area (Å²) in [5.41, 5.74) is -3.91. The molecular formula is C29H42O10. The molecule has 2 aliphatic heterocycles. The van der Waals surface area contributed by atoms with Crippen molar-refractivity contribution in [1.82, 2.24) is 0 Å². The smallest absolute Gasteiger partial charge is 0.348 e. The van der Waals surface area contributed by atoms with Crippen LogP contribution in [0.15, 0.2) is 0 Å². The molecule has 10 nitrogen and oxygen atoms in total. The Balaban J connectivity index is 1.59. The first kappa shape index (κ1) is 28.6. The molecule has 4 unspecified atom stereocenters. The van der Waals surface area contributed by atoms with Crippen LogP contribution in [0.25, 0.3) is 0 Å². The van der Waals surface area contributed by atoms with Crippen LogP contribution in [-0.4, -0.2) is 75.1 Å². The predicted molar refractivity (Wildman–Crippen MR) is 134 cm³/mol. The summed E-state index contributed by atoms with van der Waals surface area (Å²) in [6, 6.07) is 0. The zero-order valence-corrected chi connectivity index (χ0v) is 23.8. The molecule has 5 rings (SSSR count). The van der Waals surface area contributed by atoms with Crippen LogP contribution in [0.4, 0.5) is 0 Å². The lowest BCUT2D eigenvalue weighted by Gasteiger charge is -2.67. The Bertz CT molecular complexity index is 1090. The second-order valence-electron chi connectivity index (χ2n) is 13.8. The van der Waals surface area contributed by atoms with Crippen molar-refractivity contribution < 1.29 is 48.7 Å². The number of rotatable bonds is 5. The number of aliphatic hydroxyl groups is 3. The van der Waals surface area contributed by atoms with Gasteiger partial charge in [-0.1, -0.05) is 48.5 Å². The van der Waals surface area contributed by atoms with Crippen molar-refractivity contribution >= 4 is 23.5 Å². The number of hydrogen-bond donors (Lipinski definition) is 3. The van der Waals surface area contributed by atoms with E-state index in [0.29, 0.717) is 6.42 Å². The summed E-state index contributed by atoms with van der Waals surface area (Å²) in [5, 5.41) is 34.5. The third kappa shape index (κ3) is 3.47. The van der Waals surface area contributed by atoms with Crippen LogP contribution in [0.1, 0.15) is 67.7 Å². The Morgan fingerprint density at radius 1 is 1.15 bits per heavy atom. The fraction of sp³-hybridized carbons (Fsp3) is 0.862. The monoisotopic (exact) mass is 550 g/mol. The number of hydrogen-bond acceptors (Lipinski definition) is 10. The number of aliphatic hydroxyl groups excluding tert-OH is 1. The maximum atomic E-state index is 13.6. The van der Waals surface area contributed by atoms with Crippen LogP contribution < -0.4 is 0 Å². The van der Waals surface area contributed by atoms with Crippen molar-refractivity contribution in [3.8, 4) is 0 Å². The van der Waals surface area contributed by atoms with Crippen LogP contribution in [0.5, 0.6) is 0 Å². The molecular weight excluding hydrogens is 508 g/mol. The van der Waals surface area contributed by atoms with Gasteiger partial charge in [-0.05, 0) is 36.0 Å². The van der Waals surface area contributed by atoms with Gasteiger partial charge in [-0.3, -0.25) is 14.4 Å². The van der Waals surface area contributed by atoms with Gasteiger partial charge in [0.2, 0.25) is 11.9 Å². The average molecular weight is 551 g/mol. The first-order valence-electron chi connectivity index (χ1n) is 14.2. The number of Topliss-reactive ketones (excluding diaryl/α,β-unsaturated/α-hetero) is 2. The minimum Gasteiger partial charge on any atom is -0.459 e. The normalized spacial score (nSPS) is 47.1. The van der Waals surface area contributed by atoms with Crippen molar-refractivity contribution in [3.63, 3.8) is 0 Å². The van der Waals surface area contributed by atoms with E-state index in [0.717, 1.165) is 0 Å². The molecule has 10 heteroatoms. The Morgan fingerprint density at radius 2 is 1.77 bits per heavy atom. The quantitative estimate of drug-likeness (QED) is 0.338. The standard InChI is InChI=1S/C29H42O10/c1-12(2)28(35,13(3)4)10-19(31)39-21-20-15(6)22(32)29(36)25-26(7)16(14(5)8-17(30)23(26)33)9-18(38-24(21)34)27(20,25)11-37-29/h12-16,18,20-22,25,32,35-36H,8-11H2,1-7H3/t14?,15-,16+,18-,20?,21?,22-,25?,26-,27+,29-/m1/s1. The highest BCUT2D eigenvalue weighted by Crippen LogP contribution is 2.73. The van der Waals surface area contributed by atoms with E-state index < -0.39 is 81.8 Å². The highest BCUT2D eigenvalue weighted by Gasteiger charge is 2.84. The highest BCUT2D eigenvalue weighted by atomic mass is 16.7. The molecule has 3 N–H and O–H groups in total. The van der Waals surface area contributed by atoms with Gasteiger partial charge in [0.05, 0.1) is 18.6 Å². The summed E-state index contributed by atoms with van der Waals surface area (Å²) in [4.78, 5) is 53.2. The molecule has 5 aliphatic rings. The van der Waals surface area contributed by atoms with Gasteiger partial charge in [-0.2, -0.15) is 0 Å². The number of carbonyl (C=O) groups excluding carboxylic acids is 4. The van der Waals surface area contributed by atoms with Crippen LogP contribution >= 0.6 is 0 Å². The number of fused-ring (bicyclic) bond motifs is 1. The molecule has 1 spiro atoms. The molecule has 0 aromatic rings. The van der Waals surface area contributed by atoms with Crippen molar-refractivity contribution in [2.24, 2.45) is 52.3 Å². The van der Waals surface area contributed by atoms with Gasteiger partial charge >= 0.3 is 11.9 Å². The Labute approximate surface area is 228 Å². The molecule has 218 valence electrons. The van der Waals surface area contributed by atoms with Crippen LogP contribution in [0, 0.1) is 52.3 Å². The fourth-order valence-electron chi connectivity index (χ4n) is 9.42. The number of ether oxygens (including phenoxy) is 3. The maximum absolute atomic E-state index is 13.6. The van der Waals surface area contributed by atoms with E-state index in [1.165, 1.54) is 0 Å². The molecule has 0 aromatic heterocycles. The van der Waals surface area contributed by atoms with Gasteiger partial charge in [0.1, 0.15) is 12.2 Å². The molecule has 0 amide bonds. The Morgan fingerprint density at radius 3 is 2.36 bits per heavy atom. The number of ketones is 2. The summed E-state index contributed by atoms with van der Waals surface area (Å²) < 4.78 is 17.7. The summed E-state index contributed by atoms with van der Waals surface area (Å²) in [6.45, 7) is 12.3. The van der Waals surface area contributed by atoms with Crippen molar-refractivity contribution in [1.29, 1.82) is 0 Å². The van der Waals surface area contributed by atoms with Crippen LogP contribution in [0.2, 0.25) is 0 Å². The number of esters is 2. The van der Waals surface area contributed by atoms with Crippen LogP contribution in [-0.2, 0) is 33.4 Å². The second-order valence-corrected chi connectivity index (χ2v) is 13.8. The van der Waals surface area contributed by atoms with E-state index in [9.17, 15) is 34.5 Å². The third-order valence-electron chi connectivity index (χ3n) is 11.5. The van der Waals surface area contributed by atoms with Gasteiger partial charge in [0.15, 0.2) is 11.6 Å². The summed E-state index contributed by atoms with van der Waals surface area (Å²) in [5.74, 6) is -8.65. The maximum Gasteiger partial charge on any atom is 0.348 e. The third-order valence-corrected chi connectivity index (χ3v) is 11.5. The molecule has 2 heterocycles. The van der Waals surface area contributed by atoms with Gasteiger partial charge in [0, 0.05) is 29.1 Å². The van der Waals surface area contributed by atoms with E-state index in [2.05, 4.69) is 0 Å². The molecule has 3 aliphatic carbocycles. The minimum atomic E-state index is -2.15. The Kier molecular flexibility index (Phi) is 6.47. The Hall–Kier alpha value is -1.88. The van der Waals surface area contributed by atoms with E-state index in [1.807, 2.05) is 6.92 Å². The zero-order chi connectivity index (χ0) is 29.0. The van der Waals surface area contributed by atoms with Crippen molar-refractivity contribution in [2.45, 2.75) is 97.4 Å². The van der Waals surface area contributed by atoms with E-state index in [-0.39, 0.29) is 43.1 Å². The molecule has 11 atom stereocenters. The first-order chi connectivity index (χ1) is 18.0. The van der Waals surface area contributed by atoms with E-state index in [1.54, 1.807) is 41.5 Å². The average Bonchev–Trinajstić information content (AvgIpc) is 3.13. The highest BCUT2D eigenvalue weighted by molar-refractivity contribution is 6.40.